The number of aryl methyl sites for hydroxylation is 1. The van der Waals surface area contributed by atoms with E-state index in [1.807, 2.05) is 43.3 Å². The summed E-state index contributed by atoms with van der Waals surface area (Å²) in [5.74, 6) is -0.559. The fourth-order valence-electron chi connectivity index (χ4n) is 2.58. The summed E-state index contributed by atoms with van der Waals surface area (Å²) < 4.78 is 5.28. The number of amides is 1. The Morgan fingerprint density at radius 1 is 1.17 bits per heavy atom. The van der Waals surface area contributed by atoms with Crippen LogP contribution in [0.1, 0.15) is 29.2 Å². The maximum absolute atomic E-state index is 12.4. The van der Waals surface area contributed by atoms with Gasteiger partial charge in [-0.25, -0.2) is 0 Å². The average Bonchev–Trinajstić information content (AvgIpc) is 2.55. The van der Waals surface area contributed by atoms with Crippen LogP contribution in [0.2, 0.25) is 0 Å². The zero-order valence-corrected chi connectivity index (χ0v) is 13.8. The number of benzene rings is 2. The van der Waals surface area contributed by atoms with Crippen LogP contribution in [0.4, 0.5) is 0 Å². The van der Waals surface area contributed by atoms with Crippen LogP contribution in [0.5, 0.6) is 5.75 Å². The molecule has 0 aromatic heterocycles. The van der Waals surface area contributed by atoms with Crippen molar-refractivity contribution in [1.82, 2.24) is 5.32 Å². The Labute approximate surface area is 141 Å². The van der Waals surface area contributed by atoms with E-state index < -0.39 is 12.0 Å². The van der Waals surface area contributed by atoms with Crippen molar-refractivity contribution in [3.63, 3.8) is 0 Å². The van der Waals surface area contributed by atoms with Gasteiger partial charge in [0, 0.05) is 5.56 Å². The zero-order valence-electron chi connectivity index (χ0n) is 13.8. The Hall–Kier alpha value is -2.82. The van der Waals surface area contributed by atoms with Crippen molar-refractivity contribution in [3.8, 4) is 5.75 Å². The highest BCUT2D eigenvalue weighted by Crippen LogP contribution is 2.21. The van der Waals surface area contributed by atoms with Gasteiger partial charge in [0.2, 0.25) is 5.91 Å². The summed E-state index contributed by atoms with van der Waals surface area (Å²) in [5.41, 5.74) is 2.57. The van der Waals surface area contributed by atoms with Gasteiger partial charge in [-0.3, -0.25) is 9.59 Å². The normalized spacial score (nSPS) is 11.6. The van der Waals surface area contributed by atoms with Crippen molar-refractivity contribution in [2.75, 3.05) is 7.11 Å². The Kier molecular flexibility index (Phi) is 5.95. The summed E-state index contributed by atoms with van der Waals surface area (Å²) in [5, 5.41) is 11.9. The van der Waals surface area contributed by atoms with Gasteiger partial charge in [-0.15, -0.1) is 0 Å². The van der Waals surface area contributed by atoms with E-state index in [1.165, 1.54) is 0 Å². The van der Waals surface area contributed by atoms with E-state index in [9.17, 15) is 9.59 Å². The minimum atomic E-state index is -0.961. The number of aliphatic carboxylic acids is 1. The van der Waals surface area contributed by atoms with Gasteiger partial charge in [0.1, 0.15) is 5.75 Å². The standard InChI is InChI=1S/C19H21NO4/c1-13-8-9-17(24-2)15(10-13)11-18(21)20-16(12-19(22)23)14-6-4-3-5-7-14/h3-10,16H,11-12H2,1-2H3,(H,20,21)(H,22,23). The van der Waals surface area contributed by atoms with Crippen LogP contribution < -0.4 is 10.1 Å². The lowest BCUT2D eigenvalue weighted by atomic mass is 10.0. The first-order chi connectivity index (χ1) is 11.5. The highest BCUT2D eigenvalue weighted by Gasteiger charge is 2.19. The van der Waals surface area contributed by atoms with Gasteiger partial charge >= 0.3 is 5.97 Å². The molecule has 0 saturated heterocycles. The number of carboxylic acid groups (broad SMARTS) is 1. The van der Waals surface area contributed by atoms with Crippen molar-refractivity contribution >= 4 is 11.9 Å². The summed E-state index contributed by atoms with van der Waals surface area (Å²) in [6.45, 7) is 1.94. The molecular weight excluding hydrogens is 306 g/mol. The Balaban J connectivity index is 2.13. The van der Waals surface area contributed by atoms with Crippen LogP contribution in [-0.2, 0) is 16.0 Å². The number of ether oxygens (including phenoxy) is 1. The lowest BCUT2D eigenvalue weighted by Crippen LogP contribution is -2.31. The Bertz CT molecular complexity index is 713. The van der Waals surface area contributed by atoms with Gasteiger partial charge in [-0.2, -0.15) is 0 Å². The van der Waals surface area contributed by atoms with E-state index in [4.69, 9.17) is 9.84 Å². The van der Waals surface area contributed by atoms with Crippen LogP contribution in [-0.4, -0.2) is 24.1 Å². The molecule has 0 heterocycles. The molecule has 2 rings (SSSR count). The van der Waals surface area contributed by atoms with Gasteiger partial charge in [-0.05, 0) is 18.6 Å². The van der Waals surface area contributed by atoms with Gasteiger partial charge in [0.25, 0.3) is 0 Å². The lowest BCUT2D eigenvalue weighted by Gasteiger charge is -2.18. The number of nitrogens with one attached hydrogen (secondary N) is 1. The third-order valence-electron chi connectivity index (χ3n) is 3.70. The fourth-order valence-corrected chi connectivity index (χ4v) is 2.58. The van der Waals surface area contributed by atoms with E-state index in [-0.39, 0.29) is 18.7 Å². The molecule has 5 nitrogen and oxygen atoms in total. The molecule has 1 atom stereocenters. The maximum Gasteiger partial charge on any atom is 0.305 e. The highest BCUT2D eigenvalue weighted by atomic mass is 16.5. The zero-order chi connectivity index (χ0) is 17.5. The van der Waals surface area contributed by atoms with Crippen LogP contribution in [0.15, 0.2) is 48.5 Å². The molecule has 1 amide bonds. The molecule has 0 radical (unpaired) electrons. The van der Waals surface area contributed by atoms with E-state index >= 15 is 0 Å². The van der Waals surface area contributed by atoms with E-state index in [0.717, 1.165) is 16.7 Å². The molecule has 126 valence electrons. The number of rotatable bonds is 7. The minimum absolute atomic E-state index is 0.133. The van der Waals surface area contributed by atoms with Crippen molar-refractivity contribution in [2.24, 2.45) is 0 Å². The number of hydrogen-bond donors (Lipinski definition) is 2. The minimum Gasteiger partial charge on any atom is -0.496 e. The van der Waals surface area contributed by atoms with Crippen LogP contribution >= 0.6 is 0 Å². The topological polar surface area (TPSA) is 75.6 Å². The van der Waals surface area contributed by atoms with Crippen LogP contribution in [0.25, 0.3) is 0 Å². The average molecular weight is 327 g/mol. The first-order valence-corrected chi connectivity index (χ1v) is 7.69. The second-order valence-electron chi connectivity index (χ2n) is 5.62. The number of carbonyl (C=O) groups excluding carboxylic acids is 1. The molecule has 0 spiro atoms. The predicted octanol–water partition coefficient (Wildman–Crippen LogP) is 2.88. The Morgan fingerprint density at radius 2 is 1.88 bits per heavy atom. The van der Waals surface area contributed by atoms with Gasteiger partial charge in [0.15, 0.2) is 0 Å². The predicted molar refractivity (Wildman–Crippen MR) is 91.0 cm³/mol. The van der Waals surface area contributed by atoms with Gasteiger partial charge < -0.3 is 15.2 Å². The molecule has 2 N–H and O–H groups in total. The molecule has 5 heteroatoms. The van der Waals surface area contributed by atoms with Crippen LogP contribution in [0.3, 0.4) is 0 Å². The van der Waals surface area contributed by atoms with Crippen molar-refractivity contribution in [2.45, 2.75) is 25.8 Å². The summed E-state index contributed by atoms with van der Waals surface area (Å²) in [6, 6.07) is 14.2. The smallest absolute Gasteiger partial charge is 0.305 e. The SMILES string of the molecule is COc1ccc(C)cc1CC(=O)NC(CC(=O)O)c1ccccc1. The highest BCUT2D eigenvalue weighted by molar-refractivity contribution is 5.80. The third-order valence-corrected chi connectivity index (χ3v) is 3.70. The maximum atomic E-state index is 12.4. The van der Waals surface area contributed by atoms with E-state index in [2.05, 4.69) is 5.32 Å². The number of methoxy groups -OCH3 is 1. The molecule has 0 aliphatic rings. The molecule has 2 aromatic carbocycles. The molecule has 0 bridgehead atoms. The first-order valence-electron chi connectivity index (χ1n) is 7.69. The van der Waals surface area contributed by atoms with Crippen molar-refractivity contribution < 1.29 is 19.4 Å². The third kappa shape index (κ3) is 4.84. The second kappa shape index (κ2) is 8.15. The number of carbonyl (C=O) groups is 2. The molecule has 0 aliphatic heterocycles. The van der Waals surface area contributed by atoms with Gasteiger partial charge in [0.05, 0.1) is 26.0 Å². The summed E-state index contributed by atoms with van der Waals surface area (Å²) >= 11 is 0. The number of hydrogen-bond acceptors (Lipinski definition) is 3. The molecule has 2 aromatic rings. The molecule has 0 saturated carbocycles. The first kappa shape index (κ1) is 17.5. The fraction of sp³-hybridized carbons (Fsp3) is 0.263. The molecule has 0 aliphatic carbocycles. The van der Waals surface area contributed by atoms with Crippen LogP contribution in [0, 0.1) is 6.92 Å². The van der Waals surface area contributed by atoms with E-state index in [0.29, 0.717) is 5.75 Å². The Morgan fingerprint density at radius 3 is 2.50 bits per heavy atom. The quantitative estimate of drug-likeness (QED) is 0.820. The largest absolute Gasteiger partial charge is 0.496 e. The van der Waals surface area contributed by atoms with E-state index in [1.54, 1.807) is 19.2 Å². The summed E-state index contributed by atoms with van der Waals surface area (Å²) in [4.78, 5) is 23.5. The summed E-state index contributed by atoms with van der Waals surface area (Å²) in [7, 11) is 1.56. The van der Waals surface area contributed by atoms with Crippen molar-refractivity contribution in [3.05, 3.63) is 65.2 Å². The van der Waals surface area contributed by atoms with Gasteiger partial charge in [-0.1, -0.05) is 48.0 Å². The molecule has 0 fully saturated rings. The summed E-state index contributed by atoms with van der Waals surface area (Å²) in [6.07, 6.45) is -0.0332. The number of carboxylic acids is 1. The second-order valence-corrected chi connectivity index (χ2v) is 5.62. The monoisotopic (exact) mass is 327 g/mol. The van der Waals surface area contributed by atoms with Crippen molar-refractivity contribution in [1.29, 1.82) is 0 Å². The molecular formula is C19H21NO4. The molecule has 24 heavy (non-hydrogen) atoms. The molecule has 1 unspecified atom stereocenters. The lowest BCUT2D eigenvalue weighted by molar-refractivity contribution is -0.137.